The average molecular weight is 226 g/mol. The zero-order valence-corrected chi connectivity index (χ0v) is 9.40. The van der Waals surface area contributed by atoms with Crippen molar-refractivity contribution in [1.29, 1.82) is 0 Å². The van der Waals surface area contributed by atoms with Gasteiger partial charge in [-0.3, -0.25) is 9.59 Å². The molecular formula is C11H18N2O3. The van der Waals surface area contributed by atoms with Crippen molar-refractivity contribution in [2.75, 3.05) is 0 Å². The topological polar surface area (TPSA) is 106 Å². The maximum Gasteiger partial charge on any atom is 0.311 e. The lowest BCUT2D eigenvalue weighted by molar-refractivity contribution is -0.149. The van der Waals surface area contributed by atoms with Crippen LogP contribution in [0.4, 0.5) is 0 Å². The second-order valence-electron chi connectivity index (χ2n) is 4.45. The first-order valence-electron chi connectivity index (χ1n) is 5.37. The highest BCUT2D eigenvalue weighted by Gasteiger charge is 2.48. The minimum atomic E-state index is -1.04. The van der Waals surface area contributed by atoms with Gasteiger partial charge in [0.1, 0.15) is 0 Å². The Morgan fingerprint density at radius 3 is 2.12 bits per heavy atom. The minimum absolute atomic E-state index is 0.403. The van der Waals surface area contributed by atoms with Crippen LogP contribution >= 0.6 is 0 Å². The third-order valence-electron chi connectivity index (χ3n) is 3.28. The van der Waals surface area contributed by atoms with Crippen LogP contribution in [0.5, 0.6) is 0 Å². The Morgan fingerprint density at radius 1 is 1.31 bits per heavy atom. The predicted octanol–water partition coefficient (Wildman–Crippen LogP) is 0.595. The number of hydrogen-bond donors (Lipinski definition) is 3. The lowest BCUT2D eigenvalue weighted by Gasteiger charge is -2.30. The molecule has 1 aliphatic carbocycles. The van der Waals surface area contributed by atoms with Crippen molar-refractivity contribution in [3.63, 3.8) is 0 Å². The summed E-state index contributed by atoms with van der Waals surface area (Å²) in [5.41, 5.74) is 10.3. The molecule has 0 aliphatic heterocycles. The molecule has 0 aromatic heterocycles. The monoisotopic (exact) mass is 226 g/mol. The molecule has 0 radical (unpaired) electrons. The summed E-state index contributed by atoms with van der Waals surface area (Å²) in [6, 6.07) is 0. The van der Waals surface area contributed by atoms with E-state index in [0.29, 0.717) is 18.5 Å². The lowest BCUT2D eigenvalue weighted by atomic mass is 9.72. The smallest absolute Gasteiger partial charge is 0.311 e. The standard InChI is InChI=1S/C11H18N2O3/c1-7(12)6-8(9(14)15)11(10(13)16)4-2-3-5-11/h6,8H,2-5,12H2,1H3,(H2,13,16)(H,14,15)/b7-6-. The fourth-order valence-corrected chi connectivity index (χ4v) is 2.45. The van der Waals surface area contributed by atoms with Crippen molar-refractivity contribution < 1.29 is 14.7 Å². The van der Waals surface area contributed by atoms with Crippen molar-refractivity contribution in [2.45, 2.75) is 32.6 Å². The van der Waals surface area contributed by atoms with E-state index < -0.39 is 23.2 Å². The van der Waals surface area contributed by atoms with Crippen LogP contribution < -0.4 is 11.5 Å². The number of rotatable bonds is 4. The predicted molar refractivity (Wildman–Crippen MR) is 59.2 cm³/mol. The Bertz CT molecular complexity index is 326. The van der Waals surface area contributed by atoms with E-state index in [-0.39, 0.29) is 0 Å². The van der Waals surface area contributed by atoms with E-state index in [2.05, 4.69) is 0 Å². The highest BCUT2D eigenvalue weighted by Crippen LogP contribution is 2.45. The summed E-state index contributed by atoms with van der Waals surface area (Å²) in [7, 11) is 0. The Labute approximate surface area is 94.5 Å². The van der Waals surface area contributed by atoms with Gasteiger partial charge in [-0.05, 0) is 19.8 Å². The van der Waals surface area contributed by atoms with E-state index in [1.807, 2.05) is 0 Å². The molecule has 5 heteroatoms. The second kappa shape index (κ2) is 4.55. The van der Waals surface area contributed by atoms with Crippen LogP contribution in [0, 0.1) is 11.3 Å². The van der Waals surface area contributed by atoms with Gasteiger partial charge in [0.2, 0.25) is 5.91 Å². The summed E-state index contributed by atoms with van der Waals surface area (Å²) in [5.74, 6) is -2.47. The molecule has 90 valence electrons. The molecule has 1 rings (SSSR count). The van der Waals surface area contributed by atoms with Crippen LogP contribution in [0.1, 0.15) is 32.6 Å². The zero-order valence-electron chi connectivity index (χ0n) is 9.40. The molecule has 5 nitrogen and oxygen atoms in total. The highest BCUT2D eigenvalue weighted by molar-refractivity contribution is 5.88. The van der Waals surface area contributed by atoms with Gasteiger partial charge in [0, 0.05) is 5.70 Å². The molecule has 0 aromatic rings. The largest absolute Gasteiger partial charge is 0.481 e. The molecule has 1 unspecified atom stereocenters. The average Bonchev–Trinajstić information content (AvgIpc) is 2.63. The number of aliphatic carboxylic acids is 1. The van der Waals surface area contributed by atoms with E-state index in [4.69, 9.17) is 11.5 Å². The second-order valence-corrected chi connectivity index (χ2v) is 4.45. The minimum Gasteiger partial charge on any atom is -0.481 e. The summed E-state index contributed by atoms with van der Waals surface area (Å²) in [6.07, 6.45) is 4.17. The number of carboxylic acids is 1. The van der Waals surface area contributed by atoms with Gasteiger partial charge in [-0.2, -0.15) is 0 Å². The number of carbonyl (C=O) groups excluding carboxylic acids is 1. The van der Waals surface area contributed by atoms with Gasteiger partial charge in [-0.25, -0.2) is 0 Å². The SMILES string of the molecule is C/C(N)=C/C(C(=O)O)C1(C(N)=O)CCCC1. The van der Waals surface area contributed by atoms with E-state index in [9.17, 15) is 14.7 Å². The molecular weight excluding hydrogens is 208 g/mol. The van der Waals surface area contributed by atoms with Crippen LogP contribution in [0.15, 0.2) is 11.8 Å². The van der Waals surface area contributed by atoms with Gasteiger partial charge in [0.15, 0.2) is 0 Å². The van der Waals surface area contributed by atoms with Gasteiger partial charge < -0.3 is 16.6 Å². The van der Waals surface area contributed by atoms with Gasteiger partial charge in [-0.15, -0.1) is 0 Å². The molecule has 1 aliphatic rings. The molecule has 0 heterocycles. The highest BCUT2D eigenvalue weighted by atomic mass is 16.4. The molecule has 1 fully saturated rings. The Morgan fingerprint density at radius 2 is 1.81 bits per heavy atom. The van der Waals surface area contributed by atoms with E-state index >= 15 is 0 Å². The number of amides is 1. The number of allylic oxidation sites excluding steroid dienone is 1. The molecule has 0 bridgehead atoms. The van der Waals surface area contributed by atoms with Gasteiger partial charge in [0.05, 0.1) is 11.3 Å². The summed E-state index contributed by atoms with van der Waals surface area (Å²) >= 11 is 0. The summed E-state index contributed by atoms with van der Waals surface area (Å²) in [4.78, 5) is 22.8. The van der Waals surface area contributed by atoms with Gasteiger partial charge in [0.25, 0.3) is 0 Å². The van der Waals surface area contributed by atoms with Crippen molar-refractivity contribution >= 4 is 11.9 Å². The van der Waals surface area contributed by atoms with E-state index in [0.717, 1.165) is 12.8 Å². The molecule has 5 N–H and O–H groups in total. The lowest BCUT2D eigenvalue weighted by Crippen LogP contribution is -2.44. The summed E-state index contributed by atoms with van der Waals surface area (Å²) in [5, 5.41) is 9.19. The number of primary amides is 1. The summed E-state index contributed by atoms with van der Waals surface area (Å²) in [6.45, 7) is 1.61. The van der Waals surface area contributed by atoms with Crippen LogP contribution in [0.2, 0.25) is 0 Å². The van der Waals surface area contributed by atoms with Crippen LogP contribution in [0.3, 0.4) is 0 Å². The van der Waals surface area contributed by atoms with Crippen molar-refractivity contribution in [3.05, 3.63) is 11.8 Å². The fraction of sp³-hybridized carbons (Fsp3) is 0.636. The maximum atomic E-state index is 11.5. The van der Waals surface area contributed by atoms with Crippen LogP contribution in [-0.2, 0) is 9.59 Å². The van der Waals surface area contributed by atoms with Crippen LogP contribution in [-0.4, -0.2) is 17.0 Å². The molecule has 16 heavy (non-hydrogen) atoms. The van der Waals surface area contributed by atoms with Gasteiger partial charge in [-0.1, -0.05) is 18.9 Å². The van der Waals surface area contributed by atoms with Crippen molar-refractivity contribution in [2.24, 2.45) is 22.8 Å². The molecule has 0 aromatic carbocycles. The number of carboxylic acid groups (broad SMARTS) is 1. The van der Waals surface area contributed by atoms with Crippen molar-refractivity contribution in [3.8, 4) is 0 Å². The molecule has 1 atom stereocenters. The zero-order chi connectivity index (χ0) is 12.3. The molecule has 1 saturated carbocycles. The first-order valence-corrected chi connectivity index (χ1v) is 5.37. The Hall–Kier alpha value is -1.52. The van der Waals surface area contributed by atoms with Crippen molar-refractivity contribution in [1.82, 2.24) is 0 Å². The number of hydrogen-bond acceptors (Lipinski definition) is 3. The maximum absolute atomic E-state index is 11.5. The number of nitrogens with two attached hydrogens (primary N) is 2. The normalized spacial score (nSPS) is 21.7. The third kappa shape index (κ3) is 2.18. The quantitative estimate of drug-likeness (QED) is 0.652. The van der Waals surface area contributed by atoms with E-state index in [1.165, 1.54) is 6.08 Å². The van der Waals surface area contributed by atoms with Gasteiger partial charge >= 0.3 is 5.97 Å². The number of carbonyl (C=O) groups is 2. The van der Waals surface area contributed by atoms with Crippen LogP contribution in [0.25, 0.3) is 0 Å². The fourth-order valence-electron chi connectivity index (χ4n) is 2.45. The Balaban J connectivity index is 3.12. The first kappa shape index (κ1) is 12.5. The molecule has 0 spiro atoms. The first-order chi connectivity index (χ1) is 7.40. The molecule has 0 saturated heterocycles. The summed E-state index contributed by atoms with van der Waals surface area (Å²) < 4.78 is 0. The molecule has 1 amide bonds. The Kier molecular flexibility index (Phi) is 3.57. The van der Waals surface area contributed by atoms with E-state index in [1.54, 1.807) is 6.92 Å². The third-order valence-corrected chi connectivity index (χ3v) is 3.28.